The molecule has 0 radical (unpaired) electrons. The molecule has 1 aliphatic heterocycles. The van der Waals surface area contributed by atoms with E-state index in [1.165, 1.54) is 38.5 Å². The Hall–Kier alpha value is -1.39. The molecule has 1 aromatic heterocycles. The first-order valence-corrected chi connectivity index (χ1v) is 9.76. The van der Waals surface area contributed by atoms with Crippen LogP contribution in [-0.4, -0.2) is 34.0 Å². The van der Waals surface area contributed by atoms with E-state index < -0.39 is 0 Å². The summed E-state index contributed by atoms with van der Waals surface area (Å²) in [5, 5.41) is 4.17. The number of carbonyl (C=O) groups excluding carboxylic acids is 1. The van der Waals surface area contributed by atoms with Crippen molar-refractivity contribution < 1.29 is 9.32 Å². The Morgan fingerprint density at radius 1 is 1.25 bits per heavy atom. The van der Waals surface area contributed by atoms with Crippen LogP contribution in [0.15, 0.2) is 4.52 Å². The molecule has 1 aromatic rings. The van der Waals surface area contributed by atoms with E-state index in [-0.39, 0.29) is 5.41 Å². The largest absolute Gasteiger partial charge is 0.342 e. The summed E-state index contributed by atoms with van der Waals surface area (Å²) in [6.45, 7) is 3.78. The number of rotatable bonds is 5. The van der Waals surface area contributed by atoms with Gasteiger partial charge in [0.05, 0.1) is 5.41 Å². The third kappa shape index (κ3) is 3.35. The fraction of sp³-hybridized carbons (Fsp3) is 0.842. The lowest BCUT2D eigenvalue weighted by atomic mass is 9.81. The molecule has 0 N–H and O–H groups in total. The molecule has 5 heteroatoms. The lowest BCUT2D eigenvalue weighted by molar-refractivity contribution is -0.133. The minimum atomic E-state index is -0.179. The number of likely N-dealkylation sites (tertiary alicyclic amines) is 1. The van der Waals surface area contributed by atoms with Crippen LogP contribution in [0.5, 0.6) is 0 Å². The third-order valence-corrected chi connectivity index (χ3v) is 6.19. The van der Waals surface area contributed by atoms with Crippen LogP contribution in [0.2, 0.25) is 0 Å². The van der Waals surface area contributed by atoms with Crippen molar-refractivity contribution in [2.45, 2.75) is 82.5 Å². The van der Waals surface area contributed by atoms with E-state index in [1.54, 1.807) is 0 Å². The first-order valence-electron chi connectivity index (χ1n) is 9.76. The predicted molar refractivity (Wildman–Crippen MR) is 90.6 cm³/mol. The molecule has 1 amide bonds. The number of amides is 1. The normalized spacial score (nSPS) is 28.5. The molecule has 0 bridgehead atoms. The summed E-state index contributed by atoms with van der Waals surface area (Å²) in [5.41, 5.74) is -0.179. The molecule has 0 aromatic carbocycles. The van der Waals surface area contributed by atoms with E-state index in [4.69, 9.17) is 4.52 Å². The van der Waals surface area contributed by atoms with Crippen molar-refractivity contribution >= 4 is 5.91 Å². The van der Waals surface area contributed by atoms with Crippen molar-refractivity contribution in [3.8, 4) is 0 Å². The third-order valence-electron chi connectivity index (χ3n) is 6.19. The molecule has 3 fully saturated rings. The van der Waals surface area contributed by atoms with Gasteiger partial charge < -0.3 is 9.42 Å². The van der Waals surface area contributed by atoms with Crippen molar-refractivity contribution in [2.24, 2.45) is 5.92 Å². The second-order valence-corrected chi connectivity index (χ2v) is 8.40. The topological polar surface area (TPSA) is 59.2 Å². The number of aromatic nitrogens is 2. The second-order valence-electron chi connectivity index (χ2n) is 8.40. The lowest BCUT2D eigenvalue weighted by Gasteiger charge is -2.38. The zero-order valence-electron chi connectivity index (χ0n) is 14.8. The van der Waals surface area contributed by atoms with Gasteiger partial charge in [-0.05, 0) is 44.9 Å². The molecule has 0 unspecified atom stereocenters. The van der Waals surface area contributed by atoms with Crippen LogP contribution in [0.3, 0.4) is 0 Å². The molecule has 1 atom stereocenters. The van der Waals surface area contributed by atoms with E-state index in [2.05, 4.69) is 17.1 Å². The van der Waals surface area contributed by atoms with E-state index >= 15 is 0 Å². The number of carbonyl (C=O) groups is 1. The van der Waals surface area contributed by atoms with Gasteiger partial charge in [0.1, 0.15) is 0 Å². The van der Waals surface area contributed by atoms with Gasteiger partial charge in [-0.1, -0.05) is 30.8 Å². The Labute approximate surface area is 144 Å². The summed E-state index contributed by atoms with van der Waals surface area (Å²) in [7, 11) is 0. The smallest absolute Gasteiger partial charge is 0.234 e. The minimum absolute atomic E-state index is 0.179. The van der Waals surface area contributed by atoms with Crippen molar-refractivity contribution in [3.05, 3.63) is 11.7 Å². The second kappa shape index (κ2) is 6.49. The Balaban J connectivity index is 1.37. The number of piperidine rings is 1. The van der Waals surface area contributed by atoms with E-state index in [9.17, 15) is 4.79 Å². The molecule has 2 aliphatic carbocycles. The van der Waals surface area contributed by atoms with Gasteiger partial charge >= 0.3 is 0 Å². The first kappa shape index (κ1) is 16.1. The molecular weight excluding hydrogens is 302 g/mol. The Morgan fingerprint density at radius 3 is 2.79 bits per heavy atom. The molecule has 5 nitrogen and oxygen atoms in total. The van der Waals surface area contributed by atoms with Gasteiger partial charge in [0.15, 0.2) is 5.82 Å². The molecule has 0 spiro atoms. The monoisotopic (exact) mass is 331 g/mol. The maximum Gasteiger partial charge on any atom is 0.234 e. The van der Waals surface area contributed by atoms with Crippen LogP contribution in [0.1, 0.15) is 88.8 Å². The van der Waals surface area contributed by atoms with Gasteiger partial charge in [-0.15, -0.1) is 0 Å². The van der Waals surface area contributed by atoms with Crippen molar-refractivity contribution in [3.63, 3.8) is 0 Å². The lowest BCUT2D eigenvalue weighted by Crippen LogP contribution is -2.47. The van der Waals surface area contributed by atoms with Crippen LogP contribution in [-0.2, 0) is 10.2 Å². The number of nitrogens with zero attached hydrogens (tertiary/aromatic N) is 3. The highest BCUT2D eigenvalue weighted by atomic mass is 16.5. The molecule has 132 valence electrons. The average molecular weight is 331 g/mol. The van der Waals surface area contributed by atoms with Crippen molar-refractivity contribution in [2.75, 3.05) is 13.1 Å². The Kier molecular flexibility index (Phi) is 4.35. The highest BCUT2D eigenvalue weighted by Crippen LogP contribution is 2.40. The standard InChI is InChI=1S/C19H29N3O2/c1-19(18-20-17(21-24-18)15-8-9-15)11-4-12-22(13-19)16(23)10-7-14-5-2-3-6-14/h14-15H,2-13H2,1H3/t19-/m1/s1. The Morgan fingerprint density at radius 2 is 2.04 bits per heavy atom. The quantitative estimate of drug-likeness (QED) is 0.823. The van der Waals surface area contributed by atoms with Crippen molar-refractivity contribution in [1.82, 2.24) is 15.0 Å². The zero-order valence-corrected chi connectivity index (χ0v) is 14.8. The molecule has 24 heavy (non-hydrogen) atoms. The summed E-state index contributed by atoms with van der Waals surface area (Å²) in [6, 6.07) is 0. The summed E-state index contributed by atoms with van der Waals surface area (Å²) < 4.78 is 5.58. The van der Waals surface area contributed by atoms with Crippen molar-refractivity contribution in [1.29, 1.82) is 0 Å². The Bertz CT molecular complexity index is 589. The first-order chi connectivity index (χ1) is 11.6. The summed E-state index contributed by atoms with van der Waals surface area (Å²) in [6.07, 6.45) is 11.5. The van der Waals surface area contributed by atoms with Gasteiger partial charge in [-0.3, -0.25) is 4.79 Å². The highest BCUT2D eigenvalue weighted by Gasteiger charge is 2.40. The fourth-order valence-corrected chi connectivity index (χ4v) is 4.40. The molecule has 3 aliphatic rings. The average Bonchev–Trinajstić information content (AvgIpc) is 3.10. The molecule has 1 saturated heterocycles. The van der Waals surface area contributed by atoms with Gasteiger partial charge in [0.25, 0.3) is 0 Å². The summed E-state index contributed by atoms with van der Waals surface area (Å²) in [4.78, 5) is 19.4. The number of hydrogen-bond acceptors (Lipinski definition) is 4. The summed E-state index contributed by atoms with van der Waals surface area (Å²) in [5.74, 6) is 3.21. The van der Waals surface area contributed by atoms with Gasteiger partial charge in [-0.2, -0.15) is 4.98 Å². The fourth-order valence-electron chi connectivity index (χ4n) is 4.40. The van der Waals surface area contributed by atoms with Crippen LogP contribution >= 0.6 is 0 Å². The SMILES string of the molecule is C[C@@]1(c2nc(C3CC3)no2)CCCN(C(=O)CCC2CCCC2)C1. The minimum Gasteiger partial charge on any atom is -0.342 e. The molecular formula is C19H29N3O2. The maximum absolute atomic E-state index is 12.7. The number of hydrogen-bond donors (Lipinski definition) is 0. The van der Waals surface area contributed by atoms with E-state index in [0.717, 1.165) is 50.0 Å². The van der Waals surface area contributed by atoms with E-state index in [1.807, 2.05) is 4.90 Å². The zero-order chi connectivity index (χ0) is 16.6. The molecule has 4 rings (SSSR count). The van der Waals surface area contributed by atoms with Gasteiger partial charge in [0, 0.05) is 25.4 Å². The van der Waals surface area contributed by atoms with Crippen LogP contribution in [0.4, 0.5) is 0 Å². The predicted octanol–water partition coefficient (Wildman–Crippen LogP) is 3.80. The van der Waals surface area contributed by atoms with Crippen LogP contribution in [0, 0.1) is 5.92 Å². The van der Waals surface area contributed by atoms with E-state index in [0.29, 0.717) is 18.2 Å². The maximum atomic E-state index is 12.7. The summed E-state index contributed by atoms with van der Waals surface area (Å²) >= 11 is 0. The highest BCUT2D eigenvalue weighted by molar-refractivity contribution is 5.76. The van der Waals surface area contributed by atoms with Gasteiger partial charge in [0.2, 0.25) is 11.8 Å². The van der Waals surface area contributed by atoms with Crippen LogP contribution < -0.4 is 0 Å². The molecule has 2 heterocycles. The van der Waals surface area contributed by atoms with Gasteiger partial charge in [-0.25, -0.2) is 0 Å². The molecule has 2 saturated carbocycles. The van der Waals surface area contributed by atoms with Crippen LogP contribution in [0.25, 0.3) is 0 Å².